The van der Waals surface area contributed by atoms with Crippen molar-refractivity contribution in [1.29, 1.82) is 0 Å². The van der Waals surface area contributed by atoms with Crippen LogP contribution < -0.4 is 0 Å². The van der Waals surface area contributed by atoms with Gasteiger partial charge in [-0.1, -0.05) is 0 Å². The van der Waals surface area contributed by atoms with Gasteiger partial charge >= 0.3 is 0 Å². The van der Waals surface area contributed by atoms with Crippen LogP contribution in [-0.4, -0.2) is 36.0 Å². The van der Waals surface area contributed by atoms with E-state index in [1.54, 1.807) is 0 Å². The van der Waals surface area contributed by atoms with Crippen molar-refractivity contribution in [2.45, 2.75) is 38.5 Å². The van der Waals surface area contributed by atoms with Gasteiger partial charge in [0, 0.05) is 26.2 Å². The number of likely N-dealkylation sites (tertiary alicyclic amines) is 2. The first-order valence-electron chi connectivity index (χ1n) is 6.34. The molecule has 2 fully saturated rings. The van der Waals surface area contributed by atoms with Gasteiger partial charge in [0.25, 0.3) is 0 Å². The summed E-state index contributed by atoms with van der Waals surface area (Å²) >= 11 is 7.25. The van der Waals surface area contributed by atoms with Crippen molar-refractivity contribution in [2.75, 3.05) is 26.2 Å². The first-order chi connectivity index (χ1) is 7.79. The van der Waals surface area contributed by atoms with E-state index in [0.717, 1.165) is 3.39 Å². The van der Waals surface area contributed by atoms with Crippen LogP contribution >= 0.6 is 31.9 Å². The van der Waals surface area contributed by atoms with Crippen LogP contribution in [0.3, 0.4) is 0 Å². The molecule has 16 heavy (non-hydrogen) atoms. The molecule has 0 atom stereocenters. The summed E-state index contributed by atoms with van der Waals surface area (Å²) in [4.78, 5) is 5.07. The summed E-state index contributed by atoms with van der Waals surface area (Å²) in [6, 6.07) is 0. The Bertz CT molecular complexity index is 230. The van der Waals surface area contributed by atoms with Crippen molar-refractivity contribution in [3.8, 4) is 0 Å². The Morgan fingerprint density at radius 1 is 0.625 bits per heavy atom. The van der Waals surface area contributed by atoms with E-state index in [-0.39, 0.29) is 0 Å². The minimum absolute atomic E-state index is 1.13. The number of hydrogen-bond donors (Lipinski definition) is 0. The number of hydrogen-bond acceptors (Lipinski definition) is 2. The molecule has 0 amide bonds. The molecule has 2 nitrogen and oxygen atoms in total. The van der Waals surface area contributed by atoms with Crippen LogP contribution in [0.15, 0.2) is 9.21 Å². The van der Waals surface area contributed by atoms with Crippen LogP contribution in [-0.2, 0) is 0 Å². The highest BCUT2D eigenvalue weighted by Gasteiger charge is 2.22. The minimum Gasteiger partial charge on any atom is -0.357 e. The van der Waals surface area contributed by atoms with Gasteiger partial charge in [0.15, 0.2) is 0 Å². The second-order valence-corrected chi connectivity index (χ2v) is 7.33. The lowest BCUT2D eigenvalue weighted by Crippen LogP contribution is -2.41. The molecule has 0 aromatic heterocycles. The zero-order chi connectivity index (χ0) is 11.4. The van der Waals surface area contributed by atoms with Gasteiger partial charge in [0.1, 0.15) is 9.21 Å². The van der Waals surface area contributed by atoms with E-state index in [9.17, 15) is 0 Å². The van der Waals surface area contributed by atoms with Crippen LogP contribution in [0.1, 0.15) is 38.5 Å². The molecule has 2 aliphatic heterocycles. The van der Waals surface area contributed by atoms with E-state index < -0.39 is 0 Å². The quantitative estimate of drug-likeness (QED) is 0.745. The molecule has 0 N–H and O–H groups in total. The number of nitrogens with zero attached hydrogens (tertiary/aromatic N) is 2. The first-order valence-corrected chi connectivity index (χ1v) is 7.93. The van der Waals surface area contributed by atoms with Gasteiger partial charge in [-0.25, -0.2) is 0 Å². The molecule has 2 rings (SSSR count). The third kappa shape index (κ3) is 3.16. The maximum Gasteiger partial charge on any atom is 0.126 e. The topological polar surface area (TPSA) is 6.48 Å². The lowest BCUT2D eigenvalue weighted by Gasteiger charge is -2.40. The van der Waals surface area contributed by atoms with Crippen molar-refractivity contribution >= 4 is 31.9 Å². The van der Waals surface area contributed by atoms with Crippen LogP contribution in [0, 0.1) is 0 Å². The molecule has 92 valence electrons. The van der Waals surface area contributed by atoms with Crippen LogP contribution in [0.25, 0.3) is 0 Å². The van der Waals surface area contributed by atoms with Crippen LogP contribution in [0.2, 0.25) is 0 Å². The van der Waals surface area contributed by atoms with Crippen LogP contribution in [0.4, 0.5) is 0 Å². The maximum absolute atomic E-state index is 3.62. The molecule has 0 aromatic rings. The zero-order valence-corrected chi connectivity index (χ0v) is 12.9. The van der Waals surface area contributed by atoms with E-state index in [2.05, 4.69) is 41.7 Å². The normalized spacial score (nSPS) is 22.1. The lowest BCUT2D eigenvalue weighted by atomic mass is 10.1. The predicted octanol–water partition coefficient (Wildman–Crippen LogP) is 3.87. The molecule has 0 bridgehead atoms. The third-order valence-electron chi connectivity index (χ3n) is 3.48. The van der Waals surface area contributed by atoms with E-state index in [1.807, 2.05) is 0 Å². The molecular formula is C12H20Br2N2. The summed E-state index contributed by atoms with van der Waals surface area (Å²) in [6.07, 6.45) is 8.14. The second kappa shape index (κ2) is 6.29. The Kier molecular flexibility index (Phi) is 5.01. The van der Waals surface area contributed by atoms with E-state index >= 15 is 0 Å². The summed E-state index contributed by atoms with van der Waals surface area (Å²) in [5.41, 5.74) is 0. The van der Waals surface area contributed by atoms with Gasteiger partial charge in [-0.3, -0.25) is 0 Å². The fourth-order valence-electron chi connectivity index (χ4n) is 2.65. The van der Waals surface area contributed by atoms with Crippen LogP contribution in [0.5, 0.6) is 0 Å². The SMILES string of the molecule is BrC(Br)=C(N1CCCCC1)N1CCCCC1. The van der Waals surface area contributed by atoms with Gasteiger partial charge < -0.3 is 9.80 Å². The monoisotopic (exact) mass is 350 g/mol. The molecule has 2 heterocycles. The molecule has 2 saturated heterocycles. The highest BCUT2D eigenvalue weighted by atomic mass is 79.9. The van der Waals surface area contributed by atoms with Gasteiger partial charge in [-0.2, -0.15) is 0 Å². The van der Waals surface area contributed by atoms with Crippen molar-refractivity contribution in [2.24, 2.45) is 0 Å². The fourth-order valence-corrected chi connectivity index (χ4v) is 3.65. The largest absolute Gasteiger partial charge is 0.357 e. The number of rotatable bonds is 2. The molecule has 0 saturated carbocycles. The van der Waals surface area contributed by atoms with Gasteiger partial charge in [0.2, 0.25) is 0 Å². The fraction of sp³-hybridized carbons (Fsp3) is 0.833. The molecular weight excluding hydrogens is 332 g/mol. The summed E-state index contributed by atoms with van der Waals surface area (Å²) in [6.45, 7) is 4.86. The maximum atomic E-state index is 3.62. The minimum atomic E-state index is 1.13. The Balaban J connectivity index is 2.06. The molecule has 0 radical (unpaired) electrons. The second-order valence-electron chi connectivity index (χ2n) is 4.68. The molecule has 0 aromatic carbocycles. The molecule has 0 unspecified atom stereocenters. The average molecular weight is 352 g/mol. The third-order valence-corrected chi connectivity index (χ3v) is 4.19. The summed E-state index contributed by atoms with van der Waals surface area (Å²) in [7, 11) is 0. The molecule has 2 aliphatic rings. The zero-order valence-electron chi connectivity index (χ0n) is 9.72. The molecule has 0 spiro atoms. The smallest absolute Gasteiger partial charge is 0.126 e. The van der Waals surface area contributed by atoms with Crippen molar-refractivity contribution < 1.29 is 0 Å². The predicted molar refractivity (Wildman–Crippen MR) is 75.7 cm³/mol. The van der Waals surface area contributed by atoms with Crippen molar-refractivity contribution in [3.63, 3.8) is 0 Å². The Morgan fingerprint density at radius 2 is 1.00 bits per heavy atom. The van der Waals surface area contributed by atoms with Gasteiger partial charge in [-0.15, -0.1) is 0 Å². The van der Waals surface area contributed by atoms with Gasteiger partial charge in [-0.05, 0) is 70.4 Å². The van der Waals surface area contributed by atoms with Crippen molar-refractivity contribution in [1.82, 2.24) is 9.80 Å². The number of halogens is 2. The van der Waals surface area contributed by atoms with E-state index in [4.69, 9.17) is 0 Å². The Hall–Kier alpha value is 0.300. The van der Waals surface area contributed by atoms with E-state index in [1.165, 1.54) is 70.5 Å². The highest BCUT2D eigenvalue weighted by Crippen LogP contribution is 2.29. The Labute approximate surface area is 115 Å². The summed E-state index contributed by atoms with van der Waals surface area (Å²) < 4.78 is 1.13. The highest BCUT2D eigenvalue weighted by molar-refractivity contribution is 9.28. The summed E-state index contributed by atoms with van der Waals surface area (Å²) in [5.74, 6) is 1.39. The first kappa shape index (κ1) is 12.7. The van der Waals surface area contributed by atoms with Crippen molar-refractivity contribution in [3.05, 3.63) is 9.21 Å². The van der Waals surface area contributed by atoms with Gasteiger partial charge in [0.05, 0.1) is 0 Å². The van der Waals surface area contributed by atoms with E-state index in [0.29, 0.717) is 0 Å². The lowest BCUT2D eigenvalue weighted by molar-refractivity contribution is 0.167. The molecule has 0 aliphatic carbocycles. The Morgan fingerprint density at radius 3 is 1.31 bits per heavy atom. The standard InChI is InChI=1S/C12H20Br2N2/c13-11(14)12(15-7-3-1-4-8-15)16-9-5-2-6-10-16/h1-10H2. The average Bonchev–Trinajstić information content (AvgIpc) is 2.31. The summed E-state index contributed by atoms with van der Waals surface area (Å²) in [5, 5.41) is 0. The molecule has 4 heteroatoms. The number of piperidine rings is 2.